The van der Waals surface area contributed by atoms with E-state index in [0.29, 0.717) is 0 Å². The third-order valence-corrected chi connectivity index (χ3v) is 2.14. The number of aromatic nitrogens is 2. The maximum Gasteiger partial charge on any atom is 0.147 e. The number of aliphatic hydroxyl groups is 1. The van der Waals surface area contributed by atoms with Crippen LogP contribution < -0.4 is 0 Å². The highest BCUT2D eigenvalue weighted by Crippen LogP contribution is 2.23. The molecule has 1 atom stereocenters. The van der Waals surface area contributed by atoms with E-state index >= 15 is 0 Å². The van der Waals surface area contributed by atoms with Crippen molar-refractivity contribution in [2.24, 2.45) is 0 Å². The van der Waals surface area contributed by atoms with Gasteiger partial charge in [-0.25, -0.2) is 8.78 Å². The van der Waals surface area contributed by atoms with Crippen molar-refractivity contribution in [3.63, 3.8) is 0 Å². The zero-order valence-corrected chi connectivity index (χ0v) is 8.14. The van der Waals surface area contributed by atoms with E-state index in [1.54, 1.807) is 0 Å². The Labute approximate surface area is 90.4 Å². The van der Waals surface area contributed by atoms with Crippen molar-refractivity contribution < 1.29 is 13.9 Å². The highest BCUT2D eigenvalue weighted by molar-refractivity contribution is 5.25. The summed E-state index contributed by atoms with van der Waals surface area (Å²) in [6.45, 7) is 0. The molecule has 0 saturated heterocycles. The second-order valence-corrected chi connectivity index (χ2v) is 3.17. The Kier molecular flexibility index (Phi) is 2.87. The maximum absolute atomic E-state index is 13.3. The number of hydrogen-bond donors (Lipinski definition) is 1. The molecule has 1 N–H and O–H groups in total. The molecule has 0 fully saturated rings. The van der Waals surface area contributed by atoms with Crippen LogP contribution in [0.3, 0.4) is 0 Å². The summed E-state index contributed by atoms with van der Waals surface area (Å²) in [4.78, 5) is 7.23. The molecular formula is C11H8F2N2O. The molecule has 2 heterocycles. The van der Waals surface area contributed by atoms with Gasteiger partial charge in [0.15, 0.2) is 0 Å². The third kappa shape index (κ3) is 1.90. The molecule has 82 valence electrons. The highest BCUT2D eigenvalue weighted by Gasteiger charge is 2.19. The number of nitrogens with zero attached hydrogens (tertiary/aromatic N) is 2. The molecule has 0 amide bonds. The summed E-state index contributed by atoms with van der Waals surface area (Å²) in [5, 5.41) is 9.78. The predicted octanol–water partition coefficient (Wildman–Crippen LogP) is 1.84. The van der Waals surface area contributed by atoms with Crippen LogP contribution in [-0.4, -0.2) is 15.1 Å². The second kappa shape index (κ2) is 4.32. The molecule has 2 rings (SSSR count). The summed E-state index contributed by atoms with van der Waals surface area (Å²) in [6.07, 6.45) is 2.19. The lowest BCUT2D eigenvalue weighted by molar-refractivity contribution is 0.204. The number of rotatable bonds is 2. The van der Waals surface area contributed by atoms with Crippen molar-refractivity contribution in [2.45, 2.75) is 6.10 Å². The molecule has 0 radical (unpaired) electrons. The summed E-state index contributed by atoms with van der Waals surface area (Å²) in [7, 11) is 0. The Morgan fingerprint density at radius 1 is 1.12 bits per heavy atom. The average molecular weight is 222 g/mol. The lowest BCUT2D eigenvalue weighted by Gasteiger charge is -2.11. The number of halogens is 2. The van der Waals surface area contributed by atoms with Crippen LogP contribution in [0, 0.1) is 11.6 Å². The van der Waals surface area contributed by atoms with Gasteiger partial charge in [0.2, 0.25) is 0 Å². The lowest BCUT2D eigenvalue weighted by atomic mass is 10.1. The van der Waals surface area contributed by atoms with E-state index in [1.165, 1.54) is 24.5 Å². The fourth-order valence-electron chi connectivity index (χ4n) is 1.35. The summed E-state index contributed by atoms with van der Waals surface area (Å²) in [5.41, 5.74) is -0.250. The predicted molar refractivity (Wildman–Crippen MR) is 52.5 cm³/mol. The summed E-state index contributed by atoms with van der Waals surface area (Å²) < 4.78 is 26.6. The molecular weight excluding hydrogens is 214 g/mol. The van der Waals surface area contributed by atoms with Gasteiger partial charge in [0.1, 0.15) is 23.4 Å². The molecule has 2 aromatic rings. The summed E-state index contributed by atoms with van der Waals surface area (Å²) in [6, 6.07) is 3.84. The monoisotopic (exact) mass is 222 g/mol. The van der Waals surface area contributed by atoms with Crippen LogP contribution in [0.4, 0.5) is 8.78 Å². The fraction of sp³-hybridized carbons (Fsp3) is 0.0909. The molecule has 5 heteroatoms. The summed E-state index contributed by atoms with van der Waals surface area (Å²) in [5.74, 6) is -1.37. The van der Waals surface area contributed by atoms with E-state index < -0.39 is 17.7 Å². The van der Waals surface area contributed by atoms with Crippen LogP contribution in [-0.2, 0) is 0 Å². The van der Waals surface area contributed by atoms with Crippen molar-refractivity contribution >= 4 is 0 Å². The summed E-state index contributed by atoms with van der Waals surface area (Å²) >= 11 is 0. The van der Waals surface area contributed by atoms with Crippen LogP contribution in [0.1, 0.15) is 17.4 Å². The number of pyridine rings is 2. The molecule has 2 aromatic heterocycles. The van der Waals surface area contributed by atoms with Crippen molar-refractivity contribution in [3.05, 3.63) is 59.7 Å². The zero-order chi connectivity index (χ0) is 11.5. The Morgan fingerprint density at radius 2 is 1.94 bits per heavy atom. The number of hydrogen-bond acceptors (Lipinski definition) is 3. The highest BCUT2D eigenvalue weighted by atomic mass is 19.1. The molecule has 0 saturated carbocycles. The molecule has 0 aliphatic carbocycles. The Hall–Kier alpha value is -1.88. The molecule has 3 nitrogen and oxygen atoms in total. The molecule has 0 aromatic carbocycles. The van der Waals surface area contributed by atoms with Gasteiger partial charge in [0.25, 0.3) is 0 Å². The first-order valence-electron chi connectivity index (χ1n) is 4.58. The molecule has 0 bridgehead atoms. The number of aliphatic hydroxyl groups excluding tert-OH is 1. The Morgan fingerprint density at radius 3 is 2.62 bits per heavy atom. The Balaban J connectivity index is 2.44. The van der Waals surface area contributed by atoms with Gasteiger partial charge in [0, 0.05) is 18.0 Å². The van der Waals surface area contributed by atoms with Gasteiger partial charge in [-0.2, -0.15) is 0 Å². The van der Waals surface area contributed by atoms with Crippen LogP contribution in [0.2, 0.25) is 0 Å². The second-order valence-electron chi connectivity index (χ2n) is 3.17. The third-order valence-electron chi connectivity index (χ3n) is 2.14. The first-order valence-corrected chi connectivity index (χ1v) is 4.58. The van der Waals surface area contributed by atoms with E-state index in [9.17, 15) is 13.9 Å². The molecule has 0 spiro atoms. The van der Waals surface area contributed by atoms with Crippen LogP contribution in [0.15, 0.2) is 36.8 Å². The quantitative estimate of drug-likeness (QED) is 0.843. The van der Waals surface area contributed by atoms with Gasteiger partial charge in [-0.05, 0) is 18.2 Å². The van der Waals surface area contributed by atoms with Gasteiger partial charge >= 0.3 is 0 Å². The van der Waals surface area contributed by atoms with Crippen LogP contribution in [0.5, 0.6) is 0 Å². The van der Waals surface area contributed by atoms with Crippen LogP contribution >= 0.6 is 0 Å². The smallest absolute Gasteiger partial charge is 0.147 e. The van der Waals surface area contributed by atoms with E-state index in [0.717, 1.165) is 12.3 Å². The Bertz CT molecular complexity index is 459. The normalized spacial score (nSPS) is 12.4. The largest absolute Gasteiger partial charge is 0.382 e. The molecule has 16 heavy (non-hydrogen) atoms. The van der Waals surface area contributed by atoms with Crippen molar-refractivity contribution in [1.82, 2.24) is 9.97 Å². The van der Waals surface area contributed by atoms with E-state index in [-0.39, 0.29) is 11.3 Å². The SMILES string of the molecule is OC(c1ccncc1F)c1ncccc1F. The van der Waals surface area contributed by atoms with Crippen molar-refractivity contribution in [2.75, 3.05) is 0 Å². The first-order chi connectivity index (χ1) is 7.70. The lowest BCUT2D eigenvalue weighted by Crippen LogP contribution is -2.07. The van der Waals surface area contributed by atoms with Crippen LogP contribution in [0.25, 0.3) is 0 Å². The van der Waals surface area contributed by atoms with Gasteiger partial charge < -0.3 is 5.11 Å². The topological polar surface area (TPSA) is 46.0 Å². The molecule has 1 unspecified atom stereocenters. The van der Waals surface area contributed by atoms with Crippen molar-refractivity contribution in [1.29, 1.82) is 0 Å². The van der Waals surface area contributed by atoms with Gasteiger partial charge in [0.05, 0.1) is 6.20 Å². The maximum atomic E-state index is 13.3. The molecule has 0 aliphatic rings. The molecule has 0 aliphatic heterocycles. The van der Waals surface area contributed by atoms with E-state index in [2.05, 4.69) is 9.97 Å². The first kappa shape index (κ1) is 10.6. The van der Waals surface area contributed by atoms with Crippen molar-refractivity contribution in [3.8, 4) is 0 Å². The van der Waals surface area contributed by atoms with Gasteiger partial charge in [-0.15, -0.1) is 0 Å². The minimum atomic E-state index is -1.43. The van der Waals surface area contributed by atoms with E-state index in [1.807, 2.05) is 0 Å². The average Bonchev–Trinajstić information content (AvgIpc) is 2.29. The minimum absolute atomic E-state index is 0.0485. The minimum Gasteiger partial charge on any atom is -0.382 e. The van der Waals surface area contributed by atoms with E-state index in [4.69, 9.17) is 0 Å². The van der Waals surface area contributed by atoms with Gasteiger partial charge in [-0.3, -0.25) is 9.97 Å². The fourth-order valence-corrected chi connectivity index (χ4v) is 1.35. The standard InChI is InChI=1S/C11H8F2N2O/c12-8-2-1-4-15-10(8)11(16)7-3-5-14-6-9(7)13/h1-6,11,16H. The van der Waals surface area contributed by atoms with Gasteiger partial charge in [-0.1, -0.05) is 0 Å². The zero-order valence-electron chi connectivity index (χ0n) is 8.14.